The van der Waals surface area contributed by atoms with Gasteiger partial charge in [0.25, 0.3) is 0 Å². The van der Waals surface area contributed by atoms with Gasteiger partial charge in [0.2, 0.25) is 5.28 Å². The Labute approximate surface area is 222 Å². The summed E-state index contributed by atoms with van der Waals surface area (Å²) in [6.45, 7) is -0.713. The third-order valence-corrected chi connectivity index (χ3v) is 6.50. The van der Waals surface area contributed by atoms with Gasteiger partial charge in [-0.25, -0.2) is 9.97 Å². The Morgan fingerprint density at radius 2 is 1.49 bits per heavy atom. The number of rotatable bonds is 4. The van der Waals surface area contributed by atoms with E-state index in [0.717, 1.165) is 0 Å². The normalized spacial score (nSPS) is 28.7. The molecule has 6 heterocycles. The summed E-state index contributed by atoms with van der Waals surface area (Å²) in [5, 5.41) is 47.5. The van der Waals surface area contributed by atoms with Crippen molar-refractivity contribution in [3.05, 3.63) is 24.0 Å². The molecule has 2 saturated heterocycles. The van der Waals surface area contributed by atoms with E-state index in [1.165, 1.54) is 17.2 Å². The Morgan fingerprint density at radius 3 is 2.10 bits per heavy atom. The first-order valence-corrected chi connectivity index (χ1v) is 11.9. The lowest BCUT2D eigenvalue weighted by atomic mass is 10.1. The predicted molar refractivity (Wildman–Crippen MR) is 129 cm³/mol. The smallest absolute Gasteiger partial charge is 0.312 e. The SMILES string of the molecule is Nc1nc(Cl)nc2c1ncn2[C@H]1C[C@H](O)[C@@H](CO)O1.Nc1nc(F)nc2c1ncn2[C@@H]1O[C@H](CO)[C@@H](O)[C@@H]1O. The largest absolute Gasteiger partial charge is 0.394 e. The Bertz CT molecular complexity index is 1490. The van der Waals surface area contributed by atoms with Crippen molar-refractivity contribution in [2.24, 2.45) is 0 Å². The van der Waals surface area contributed by atoms with E-state index in [2.05, 4.69) is 29.9 Å². The molecule has 0 radical (unpaired) electrons. The number of anilines is 2. The summed E-state index contributed by atoms with van der Waals surface area (Å²) in [5.41, 5.74) is 12.3. The maximum absolute atomic E-state index is 13.2. The maximum atomic E-state index is 13.2. The molecular formula is C20H24ClFN10O7. The molecule has 0 amide bonds. The average Bonchev–Trinajstić information content (AvgIpc) is 3.65. The van der Waals surface area contributed by atoms with Crippen molar-refractivity contribution in [1.29, 1.82) is 0 Å². The van der Waals surface area contributed by atoms with Crippen LogP contribution >= 0.6 is 11.6 Å². The van der Waals surface area contributed by atoms with Crippen molar-refractivity contribution >= 4 is 45.6 Å². The molecule has 4 aromatic rings. The average molecular weight is 571 g/mol. The van der Waals surface area contributed by atoms with Crippen molar-refractivity contribution in [1.82, 2.24) is 39.0 Å². The van der Waals surface area contributed by atoms with Crippen LogP contribution in [-0.2, 0) is 9.47 Å². The third-order valence-electron chi connectivity index (χ3n) is 6.33. The van der Waals surface area contributed by atoms with Gasteiger partial charge in [-0.3, -0.25) is 9.13 Å². The van der Waals surface area contributed by atoms with E-state index in [1.807, 2.05) is 0 Å². The van der Waals surface area contributed by atoms with E-state index in [4.69, 9.17) is 42.8 Å². The Hall–Kier alpha value is -3.36. The second-order valence-electron chi connectivity index (χ2n) is 8.75. The van der Waals surface area contributed by atoms with Gasteiger partial charge >= 0.3 is 6.08 Å². The monoisotopic (exact) mass is 570 g/mol. The van der Waals surface area contributed by atoms with Crippen LogP contribution in [-0.4, -0.2) is 108 Å². The molecule has 2 fully saturated rings. The number of halogens is 2. The van der Waals surface area contributed by atoms with Gasteiger partial charge in [-0.15, -0.1) is 0 Å². The molecule has 17 nitrogen and oxygen atoms in total. The standard InChI is InChI=1S/C10H12ClN5O3.C10H12FN5O4/c11-10-14-8(12)7-9(15-10)16(3-13-7)6-1-4(18)5(2-17)19-6;11-10-14-7(12)4-8(15-10)16(2-13-4)9-6(19)5(18)3(1-17)20-9/h3-6,17-18H,1-2H2,(H2,12,14,15);2-3,5-6,9,17-19H,1H2,(H2,12,14,15)/t4-,5+,6+;3-,5-,6+,9-/m01/s1. The van der Waals surface area contributed by atoms with Crippen LogP contribution in [0, 0.1) is 6.08 Å². The summed E-state index contributed by atoms with van der Waals surface area (Å²) in [7, 11) is 0. The molecule has 19 heteroatoms. The highest BCUT2D eigenvalue weighted by Gasteiger charge is 2.44. The van der Waals surface area contributed by atoms with Crippen molar-refractivity contribution < 1.29 is 39.4 Å². The van der Waals surface area contributed by atoms with Crippen LogP contribution in [0.3, 0.4) is 0 Å². The quantitative estimate of drug-likeness (QED) is 0.129. The first-order chi connectivity index (χ1) is 18.6. The second kappa shape index (κ2) is 10.7. The molecule has 210 valence electrons. The molecule has 6 rings (SSSR count). The topological polar surface area (TPSA) is 259 Å². The maximum Gasteiger partial charge on any atom is 0.312 e. The van der Waals surface area contributed by atoms with Gasteiger partial charge in [0.1, 0.15) is 36.2 Å². The van der Waals surface area contributed by atoms with Gasteiger partial charge in [-0.1, -0.05) is 0 Å². The predicted octanol–water partition coefficient (Wildman–Crippen LogP) is -2.14. The van der Waals surface area contributed by atoms with Gasteiger partial charge in [0.15, 0.2) is 34.7 Å². The lowest BCUT2D eigenvalue weighted by Gasteiger charge is -2.16. The Kier molecular flexibility index (Phi) is 7.44. The van der Waals surface area contributed by atoms with Crippen LogP contribution in [0.15, 0.2) is 12.7 Å². The number of aromatic nitrogens is 8. The number of aliphatic hydroxyl groups is 5. The van der Waals surface area contributed by atoms with Crippen LogP contribution in [0.5, 0.6) is 0 Å². The number of aliphatic hydroxyl groups excluding tert-OH is 5. The molecule has 0 unspecified atom stereocenters. The van der Waals surface area contributed by atoms with Crippen molar-refractivity contribution in [3.8, 4) is 0 Å². The van der Waals surface area contributed by atoms with E-state index in [1.54, 1.807) is 4.57 Å². The van der Waals surface area contributed by atoms with Crippen molar-refractivity contribution in [2.45, 2.75) is 49.4 Å². The highest BCUT2D eigenvalue weighted by molar-refractivity contribution is 6.28. The molecule has 0 saturated carbocycles. The summed E-state index contributed by atoms with van der Waals surface area (Å²) < 4.78 is 26.9. The fraction of sp³-hybridized carbons (Fsp3) is 0.500. The minimum absolute atomic E-state index is 0.0176. The number of fused-ring (bicyclic) bond motifs is 2. The Morgan fingerprint density at radius 1 is 0.872 bits per heavy atom. The zero-order valence-corrected chi connectivity index (χ0v) is 20.6. The summed E-state index contributed by atoms with van der Waals surface area (Å²) >= 11 is 5.77. The Balaban J connectivity index is 0.000000158. The first kappa shape index (κ1) is 27.2. The molecule has 9 N–H and O–H groups in total. The second-order valence-corrected chi connectivity index (χ2v) is 9.09. The molecule has 0 spiro atoms. The summed E-state index contributed by atoms with van der Waals surface area (Å²) in [6.07, 6.45) is -4.37. The number of nitrogens with zero attached hydrogens (tertiary/aromatic N) is 8. The number of imidazole rings is 2. The van der Waals surface area contributed by atoms with Gasteiger partial charge in [0.05, 0.1) is 32.0 Å². The van der Waals surface area contributed by atoms with Crippen LogP contribution in [0.1, 0.15) is 18.9 Å². The molecule has 0 aromatic carbocycles. The minimum Gasteiger partial charge on any atom is -0.394 e. The van der Waals surface area contributed by atoms with Gasteiger partial charge in [-0.2, -0.15) is 24.3 Å². The van der Waals surface area contributed by atoms with Crippen LogP contribution in [0.2, 0.25) is 5.28 Å². The minimum atomic E-state index is -1.32. The lowest BCUT2D eigenvalue weighted by molar-refractivity contribution is -0.0511. The number of ether oxygens (including phenoxy) is 2. The molecular weight excluding hydrogens is 547 g/mol. The number of hydrogen-bond donors (Lipinski definition) is 7. The zero-order valence-electron chi connectivity index (χ0n) is 19.9. The van der Waals surface area contributed by atoms with Gasteiger partial charge < -0.3 is 46.5 Å². The molecule has 2 aliphatic heterocycles. The van der Waals surface area contributed by atoms with Gasteiger partial charge in [0, 0.05) is 6.42 Å². The molecule has 39 heavy (non-hydrogen) atoms. The van der Waals surface area contributed by atoms with Crippen LogP contribution < -0.4 is 11.5 Å². The first-order valence-electron chi connectivity index (χ1n) is 11.5. The molecule has 4 aromatic heterocycles. The van der Waals surface area contributed by atoms with E-state index in [-0.39, 0.29) is 34.7 Å². The van der Waals surface area contributed by atoms with E-state index in [9.17, 15) is 19.7 Å². The van der Waals surface area contributed by atoms with Crippen molar-refractivity contribution in [2.75, 3.05) is 24.7 Å². The summed E-state index contributed by atoms with van der Waals surface area (Å²) in [5.74, 6) is 0.0454. The molecule has 2 aliphatic rings. The molecule has 7 atom stereocenters. The van der Waals surface area contributed by atoms with E-state index in [0.29, 0.717) is 17.6 Å². The fourth-order valence-electron chi connectivity index (χ4n) is 4.38. The van der Waals surface area contributed by atoms with Crippen LogP contribution in [0.25, 0.3) is 22.3 Å². The van der Waals surface area contributed by atoms with Gasteiger partial charge in [-0.05, 0) is 11.6 Å². The highest BCUT2D eigenvalue weighted by atomic mass is 35.5. The summed E-state index contributed by atoms with van der Waals surface area (Å²) in [4.78, 5) is 22.8. The van der Waals surface area contributed by atoms with E-state index >= 15 is 0 Å². The molecule has 0 aliphatic carbocycles. The number of hydrogen-bond acceptors (Lipinski definition) is 15. The number of nitrogens with two attached hydrogens (primary N) is 2. The summed E-state index contributed by atoms with van der Waals surface area (Å²) in [6, 6.07) is 0. The zero-order chi connectivity index (χ0) is 28.0. The van der Waals surface area contributed by atoms with E-state index < -0.39 is 55.7 Å². The number of nitrogen functional groups attached to an aromatic ring is 2. The van der Waals surface area contributed by atoms with Crippen LogP contribution in [0.4, 0.5) is 16.0 Å². The molecule has 0 bridgehead atoms. The van der Waals surface area contributed by atoms with Crippen molar-refractivity contribution in [3.63, 3.8) is 0 Å². The third kappa shape index (κ3) is 4.92. The highest BCUT2D eigenvalue weighted by Crippen LogP contribution is 2.33. The fourth-order valence-corrected chi connectivity index (χ4v) is 4.55. The lowest BCUT2D eigenvalue weighted by Crippen LogP contribution is -2.33.